The summed E-state index contributed by atoms with van der Waals surface area (Å²) in [6, 6.07) is 0. The largest absolute Gasteiger partial charge is 0.445 e. The number of nitrogens with one attached hydrogen (secondary N) is 2. The van der Waals surface area contributed by atoms with Crippen molar-refractivity contribution in [2.45, 2.75) is 12.3 Å². The van der Waals surface area contributed by atoms with Gasteiger partial charge in [0.1, 0.15) is 6.10 Å². The Balaban J connectivity index is 1.96. The minimum Gasteiger partial charge on any atom is -0.366 e. The second kappa shape index (κ2) is 5.16. The molecule has 0 radical (unpaired) electrons. The van der Waals surface area contributed by atoms with E-state index in [9.17, 15) is 18.0 Å². The highest BCUT2D eigenvalue weighted by Crippen LogP contribution is 2.32. The Bertz CT molecular complexity index is 430. The number of ether oxygens (including phenoxy) is 1. The highest BCUT2D eigenvalue weighted by molar-refractivity contribution is 7.15. The Kier molecular flexibility index (Phi) is 3.78. The second-order valence-electron chi connectivity index (χ2n) is 3.46. The van der Waals surface area contributed by atoms with E-state index in [2.05, 4.69) is 20.8 Å². The molecule has 1 amide bonds. The number of amides is 1. The summed E-state index contributed by atoms with van der Waals surface area (Å²) in [6.07, 6.45) is -5.28. The molecule has 1 atom stereocenters. The first-order chi connectivity index (χ1) is 8.47. The first-order valence-corrected chi connectivity index (χ1v) is 5.82. The average Bonchev–Trinajstić information content (AvgIpc) is 2.78. The monoisotopic (exact) mass is 282 g/mol. The number of carbonyl (C=O) groups excluding carboxylic acids is 1. The van der Waals surface area contributed by atoms with Gasteiger partial charge in [-0.05, 0) is 0 Å². The van der Waals surface area contributed by atoms with Crippen LogP contribution in [0.5, 0.6) is 0 Å². The molecule has 0 saturated carbocycles. The molecule has 2 N–H and O–H groups in total. The van der Waals surface area contributed by atoms with E-state index in [-0.39, 0.29) is 16.5 Å². The van der Waals surface area contributed by atoms with E-state index in [1.54, 1.807) is 0 Å². The first-order valence-electron chi connectivity index (χ1n) is 5.00. The topological polar surface area (TPSA) is 76.1 Å². The summed E-state index contributed by atoms with van der Waals surface area (Å²) in [5, 5.41) is 10.1. The van der Waals surface area contributed by atoms with Gasteiger partial charge in [-0.15, -0.1) is 10.2 Å². The van der Waals surface area contributed by atoms with Crippen LogP contribution < -0.4 is 10.6 Å². The van der Waals surface area contributed by atoms with Crippen molar-refractivity contribution < 1.29 is 22.7 Å². The number of morpholine rings is 1. The lowest BCUT2D eigenvalue weighted by molar-refractivity contribution is -0.138. The van der Waals surface area contributed by atoms with E-state index in [0.717, 1.165) is 0 Å². The lowest BCUT2D eigenvalue weighted by Crippen LogP contribution is -2.45. The zero-order valence-corrected chi connectivity index (χ0v) is 9.77. The van der Waals surface area contributed by atoms with Crippen LogP contribution >= 0.6 is 11.3 Å². The van der Waals surface area contributed by atoms with Gasteiger partial charge in [-0.3, -0.25) is 10.1 Å². The molecule has 2 rings (SSSR count). The lowest BCUT2D eigenvalue weighted by atomic mass is 10.3. The first kappa shape index (κ1) is 13.2. The fraction of sp³-hybridized carbons (Fsp3) is 0.625. The van der Waals surface area contributed by atoms with Gasteiger partial charge in [-0.2, -0.15) is 13.2 Å². The number of rotatable bonds is 2. The van der Waals surface area contributed by atoms with Gasteiger partial charge in [0.15, 0.2) is 0 Å². The van der Waals surface area contributed by atoms with Gasteiger partial charge in [-0.1, -0.05) is 11.3 Å². The number of anilines is 1. The van der Waals surface area contributed by atoms with Crippen molar-refractivity contribution in [1.29, 1.82) is 0 Å². The fourth-order valence-electron chi connectivity index (χ4n) is 1.31. The van der Waals surface area contributed by atoms with Crippen LogP contribution in [0.25, 0.3) is 0 Å². The van der Waals surface area contributed by atoms with Crippen LogP contribution in [0, 0.1) is 0 Å². The van der Waals surface area contributed by atoms with Gasteiger partial charge in [-0.25, -0.2) is 0 Å². The van der Waals surface area contributed by atoms with E-state index >= 15 is 0 Å². The summed E-state index contributed by atoms with van der Waals surface area (Å²) in [5.41, 5.74) is 0. The molecule has 1 aromatic heterocycles. The van der Waals surface area contributed by atoms with Crippen molar-refractivity contribution in [2.75, 3.05) is 25.0 Å². The Morgan fingerprint density at radius 1 is 1.50 bits per heavy atom. The minimum atomic E-state index is -4.55. The summed E-state index contributed by atoms with van der Waals surface area (Å²) in [4.78, 5) is 11.6. The summed E-state index contributed by atoms with van der Waals surface area (Å²) >= 11 is 0.277. The molecular weight excluding hydrogens is 273 g/mol. The highest BCUT2D eigenvalue weighted by atomic mass is 32.1. The predicted octanol–water partition coefficient (Wildman–Crippen LogP) is 0.484. The third kappa shape index (κ3) is 3.15. The van der Waals surface area contributed by atoms with Crippen LogP contribution in [0.15, 0.2) is 0 Å². The molecule has 1 aliphatic heterocycles. The van der Waals surface area contributed by atoms with Crippen molar-refractivity contribution in [3.05, 3.63) is 5.01 Å². The zero-order chi connectivity index (χ0) is 13.2. The number of alkyl halides is 3. The van der Waals surface area contributed by atoms with Gasteiger partial charge in [0.25, 0.3) is 5.91 Å². The normalized spacial score (nSPS) is 20.7. The molecule has 1 aliphatic rings. The summed E-state index contributed by atoms with van der Waals surface area (Å²) in [6.45, 7) is 1.33. The molecule has 0 bridgehead atoms. The number of halogens is 3. The molecule has 0 aliphatic carbocycles. The Morgan fingerprint density at radius 3 is 2.83 bits per heavy atom. The van der Waals surface area contributed by atoms with Crippen molar-refractivity contribution >= 4 is 22.4 Å². The van der Waals surface area contributed by atoms with Gasteiger partial charge in [0.2, 0.25) is 10.1 Å². The van der Waals surface area contributed by atoms with Crippen molar-refractivity contribution in [2.24, 2.45) is 0 Å². The van der Waals surface area contributed by atoms with Gasteiger partial charge in [0, 0.05) is 13.1 Å². The molecule has 18 heavy (non-hydrogen) atoms. The minimum absolute atomic E-state index is 0.193. The maximum Gasteiger partial charge on any atom is 0.445 e. The van der Waals surface area contributed by atoms with Crippen molar-refractivity contribution in [3.63, 3.8) is 0 Å². The molecule has 1 fully saturated rings. The summed E-state index contributed by atoms with van der Waals surface area (Å²) in [5.74, 6) is -0.535. The van der Waals surface area contributed by atoms with E-state index in [4.69, 9.17) is 4.74 Å². The number of hydrogen-bond acceptors (Lipinski definition) is 6. The number of hydrogen-bond donors (Lipinski definition) is 2. The quantitative estimate of drug-likeness (QED) is 0.825. The molecule has 1 aromatic rings. The molecule has 1 saturated heterocycles. The molecule has 1 unspecified atom stereocenters. The van der Waals surface area contributed by atoms with Crippen LogP contribution in [-0.4, -0.2) is 41.9 Å². The van der Waals surface area contributed by atoms with Gasteiger partial charge < -0.3 is 10.1 Å². The Morgan fingerprint density at radius 2 is 2.28 bits per heavy atom. The van der Waals surface area contributed by atoms with E-state index in [0.29, 0.717) is 19.7 Å². The summed E-state index contributed by atoms with van der Waals surface area (Å²) in [7, 11) is 0. The van der Waals surface area contributed by atoms with Crippen LogP contribution in [0.3, 0.4) is 0 Å². The zero-order valence-electron chi connectivity index (χ0n) is 8.95. The Hall–Kier alpha value is -1.26. The van der Waals surface area contributed by atoms with Gasteiger partial charge >= 0.3 is 6.18 Å². The van der Waals surface area contributed by atoms with E-state index < -0.39 is 23.2 Å². The van der Waals surface area contributed by atoms with Crippen LogP contribution in [0.4, 0.5) is 18.3 Å². The molecule has 2 heterocycles. The van der Waals surface area contributed by atoms with Crippen molar-refractivity contribution in [1.82, 2.24) is 15.5 Å². The van der Waals surface area contributed by atoms with E-state index in [1.807, 2.05) is 0 Å². The molecule has 6 nitrogen and oxygen atoms in total. The van der Waals surface area contributed by atoms with Crippen LogP contribution in [0.1, 0.15) is 5.01 Å². The van der Waals surface area contributed by atoms with E-state index in [1.165, 1.54) is 0 Å². The SMILES string of the molecule is O=C(Nc1nnc(C(F)(F)F)s1)C1CNCCO1. The van der Waals surface area contributed by atoms with Crippen LogP contribution in [-0.2, 0) is 15.7 Å². The highest BCUT2D eigenvalue weighted by Gasteiger charge is 2.36. The van der Waals surface area contributed by atoms with Crippen molar-refractivity contribution in [3.8, 4) is 0 Å². The standard InChI is InChI=1S/C8H9F3N4O2S/c9-8(10,11)6-14-15-7(18-6)13-5(16)4-3-12-1-2-17-4/h4,12H,1-3H2,(H,13,15,16). The fourth-order valence-corrected chi connectivity index (χ4v) is 1.92. The van der Waals surface area contributed by atoms with Gasteiger partial charge in [0.05, 0.1) is 6.61 Å². The maximum atomic E-state index is 12.3. The molecule has 0 spiro atoms. The molecule has 0 aromatic carbocycles. The predicted molar refractivity (Wildman–Crippen MR) is 56.2 cm³/mol. The molecule has 10 heteroatoms. The maximum absolute atomic E-state index is 12.3. The number of nitrogens with zero attached hydrogens (tertiary/aromatic N) is 2. The smallest absolute Gasteiger partial charge is 0.366 e. The third-order valence-corrected chi connectivity index (χ3v) is 3.00. The lowest BCUT2D eigenvalue weighted by Gasteiger charge is -2.21. The second-order valence-corrected chi connectivity index (χ2v) is 4.44. The Labute approximate surface area is 104 Å². The number of carbonyl (C=O) groups is 1. The van der Waals surface area contributed by atoms with Crippen LogP contribution in [0.2, 0.25) is 0 Å². The summed E-state index contributed by atoms with van der Waals surface area (Å²) < 4.78 is 41.9. The third-order valence-electron chi connectivity index (χ3n) is 2.12. The molecule has 100 valence electrons. The molecular formula is C8H9F3N4O2S. The number of aromatic nitrogens is 2. The average molecular weight is 282 g/mol.